The van der Waals surface area contributed by atoms with E-state index in [0.29, 0.717) is 28.6 Å². The van der Waals surface area contributed by atoms with Gasteiger partial charge in [0.15, 0.2) is 18.1 Å². The summed E-state index contributed by atoms with van der Waals surface area (Å²) in [6.45, 7) is 3.59. The number of aryl methyl sites for hydroxylation is 2. The first-order valence-electron chi connectivity index (χ1n) is 11.1. The van der Waals surface area contributed by atoms with Gasteiger partial charge in [-0.1, -0.05) is 28.1 Å². The van der Waals surface area contributed by atoms with E-state index < -0.39 is 11.9 Å². The number of para-hydroxylation sites is 1. The number of hydrogen-bond acceptors (Lipinski definition) is 8. The number of carbonyl (C=O) groups is 2. The number of halogens is 1. The van der Waals surface area contributed by atoms with E-state index in [1.807, 2.05) is 26.0 Å². The van der Waals surface area contributed by atoms with Crippen molar-refractivity contribution in [2.75, 3.05) is 27.9 Å². The molecule has 0 heterocycles. The summed E-state index contributed by atoms with van der Waals surface area (Å²) in [7, 11) is 4.39. The summed E-state index contributed by atoms with van der Waals surface area (Å²) >= 11 is 3.43. The normalized spacial score (nSPS) is 10.6. The van der Waals surface area contributed by atoms with Gasteiger partial charge in [-0.15, -0.1) is 0 Å². The van der Waals surface area contributed by atoms with E-state index in [-0.39, 0.29) is 17.9 Å². The quantitative estimate of drug-likeness (QED) is 0.161. The van der Waals surface area contributed by atoms with Gasteiger partial charge in [0.25, 0.3) is 5.91 Å². The Morgan fingerprint density at radius 2 is 1.51 bits per heavy atom. The summed E-state index contributed by atoms with van der Waals surface area (Å²) in [5.74, 6) is 0.814. The average Bonchev–Trinajstić information content (AvgIpc) is 2.88. The Hall–Kier alpha value is -4.05. The van der Waals surface area contributed by atoms with Crippen LogP contribution in [0.5, 0.6) is 28.7 Å². The lowest BCUT2D eigenvalue weighted by Gasteiger charge is -2.14. The van der Waals surface area contributed by atoms with Gasteiger partial charge in [-0.2, -0.15) is 5.10 Å². The average molecular weight is 571 g/mol. The number of ether oxygens (including phenoxy) is 5. The summed E-state index contributed by atoms with van der Waals surface area (Å²) in [6.07, 6.45) is 1.38. The molecule has 9 nitrogen and oxygen atoms in total. The molecule has 3 aromatic rings. The molecule has 0 saturated carbocycles. The van der Waals surface area contributed by atoms with Gasteiger partial charge < -0.3 is 23.7 Å². The lowest BCUT2D eigenvalue weighted by molar-refractivity contribution is -0.123. The molecule has 0 aliphatic carbocycles. The second kappa shape index (κ2) is 12.8. The van der Waals surface area contributed by atoms with E-state index in [1.54, 1.807) is 24.3 Å². The lowest BCUT2D eigenvalue weighted by Crippen LogP contribution is -2.25. The molecular weight excluding hydrogens is 544 g/mol. The van der Waals surface area contributed by atoms with Crippen LogP contribution in [0, 0.1) is 13.8 Å². The Labute approximate surface area is 223 Å². The highest BCUT2D eigenvalue weighted by atomic mass is 79.9. The van der Waals surface area contributed by atoms with E-state index in [9.17, 15) is 9.59 Å². The molecule has 0 radical (unpaired) electrons. The molecule has 0 aliphatic heterocycles. The van der Waals surface area contributed by atoms with Gasteiger partial charge in [-0.3, -0.25) is 4.79 Å². The third-order valence-electron chi connectivity index (χ3n) is 5.19. The van der Waals surface area contributed by atoms with Crippen molar-refractivity contribution in [3.05, 3.63) is 75.3 Å². The van der Waals surface area contributed by atoms with Crippen molar-refractivity contribution in [3.8, 4) is 28.7 Å². The minimum atomic E-state index is -0.641. The fourth-order valence-corrected chi connectivity index (χ4v) is 4.19. The number of carbonyl (C=O) groups excluding carboxylic acids is 2. The zero-order valence-corrected chi connectivity index (χ0v) is 22.7. The second-order valence-electron chi connectivity index (χ2n) is 7.79. The molecule has 0 unspecified atom stereocenters. The molecule has 1 amide bonds. The first kappa shape index (κ1) is 27.5. The van der Waals surface area contributed by atoms with Gasteiger partial charge in [-0.05, 0) is 61.4 Å². The Bertz CT molecular complexity index is 1280. The highest BCUT2D eigenvalue weighted by Crippen LogP contribution is 2.38. The second-order valence-corrected chi connectivity index (χ2v) is 8.71. The maximum atomic E-state index is 12.9. The molecule has 0 saturated heterocycles. The maximum absolute atomic E-state index is 12.9. The predicted molar refractivity (Wildman–Crippen MR) is 142 cm³/mol. The summed E-state index contributed by atoms with van der Waals surface area (Å²) in [5, 5.41) is 3.97. The highest BCUT2D eigenvalue weighted by Gasteiger charge is 2.19. The van der Waals surface area contributed by atoms with E-state index in [0.717, 1.165) is 15.6 Å². The van der Waals surface area contributed by atoms with Crippen LogP contribution in [-0.2, 0) is 4.79 Å². The number of rotatable bonds is 10. The highest BCUT2D eigenvalue weighted by molar-refractivity contribution is 9.10. The molecule has 37 heavy (non-hydrogen) atoms. The fraction of sp³-hybridized carbons (Fsp3) is 0.222. The van der Waals surface area contributed by atoms with Crippen molar-refractivity contribution < 1.29 is 33.3 Å². The van der Waals surface area contributed by atoms with Crippen LogP contribution in [0.1, 0.15) is 27.0 Å². The number of methoxy groups -OCH3 is 3. The number of amides is 1. The molecule has 194 valence electrons. The molecule has 0 aromatic heterocycles. The number of benzene rings is 3. The van der Waals surface area contributed by atoms with Crippen LogP contribution in [0.25, 0.3) is 0 Å². The van der Waals surface area contributed by atoms with Gasteiger partial charge in [-0.25, -0.2) is 10.2 Å². The molecule has 0 fully saturated rings. The van der Waals surface area contributed by atoms with Crippen molar-refractivity contribution in [3.63, 3.8) is 0 Å². The zero-order chi connectivity index (χ0) is 26.9. The molecule has 0 atom stereocenters. The topological polar surface area (TPSA) is 105 Å². The van der Waals surface area contributed by atoms with Gasteiger partial charge >= 0.3 is 5.97 Å². The minimum absolute atomic E-state index is 0.199. The third kappa shape index (κ3) is 7.01. The molecular formula is C27H27BrN2O7. The standard InChI is InChI=1S/C27H27BrN2O7/c1-16-10-20(28)11-17(2)25(16)36-15-24(31)30-29-14-18-8-6-7-9-21(18)37-27(32)19-12-22(33-3)26(35-5)23(13-19)34-4/h6-14H,15H2,1-5H3,(H,30,31). The maximum Gasteiger partial charge on any atom is 0.343 e. The first-order chi connectivity index (χ1) is 17.8. The lowest BCUT2D eigenvalue weighted by atomic mass is 10.1. The molecule has 1 N–H and O–H groups in total. The van der Waals surface area contributed by atoms with Crippen molar-refractivity contribution >= 4 is 34.0 Å². The molecule has 0 aliphatic rings. The number of nitrogens with zero attached hydrogens (tertiary/aromatic N) is 1. The van der Waals surface area contributed by atoms with E-state index in [4.69, 9.17) is 23.7 Å². The molecule has 0 spiro atoms. The summed E-state index contributed by atoms with van der Waals surface area (Å²) < 4.78 is 28.1. The zero-order valence-electron chi connectivity index (χ0n) is 21.1. The largest absolute Gasteiger partial charge is 0.493 e. The smallest absolute Gasteiger partial charge is 0.343 e. The van der Waals surface area contributed by atoms with Gasteiger partial charge in [0, 0.05) is 10.0 Å². The Balaban J connectivity index is 1.67. The molecule has 10 heteroatoms. The van der Waals surface area contributed by atoms with Crippen LogP contribution < -0.4 is 29.1 Å². The Morgan fingerprint density at radius 1 is 0.892 bits per heavy atom. The van der Waals surface area contributed by atoms with Gasteiger partial charge in [0.1, 0.15) is 11.5 Å². The van der Waals surface area contributed by atoms with Gasteiger partial charge in [0.2, 0.25) is 5.75 Å². The predicted octanol–water partition coefficient (Wildman–Crippen LogP) is 4.84. The number of hydrazone groups is 1. The number of hydrogen-bond donors (Lipinski definition) is 1. The molecule has 3 rings (SSSR count). The monoisotopic (exact) mass is 570 g/mol. The van der Waals surface area contributed by atoms with Crippen LogP contribution in [0.2, 0.25) is 0 Å². The van der Waals surface area contributed by atoms with Crippen LogP contribution in [0.15, 0.2) is 58.1 Å². The van der Waals surface area contributed by atoms with E-state index >= 15 is 0 Å². The van der Waals surface area contributed by atoms with Crippen molar-refractivity contribution in [2.45, 2.75) is 13.8 Å². The van der Waals surface area contributed by atoms with Crippen LogP contribution in [0.3, 0.4) is 0 Å². The minimum Gasteiger partial charge on any atom is -0.493 e. The SMILES string of the molecule is COc1cc(C(=O)Oc2ccccc2C=NNC(=O)COc2c(C)cc(Br)cc2C)cc(OC)c1OC. The third-order valence-corrected chi connectivity index (χ3v) is 5.65. The summed E-state index contributed by atoms with van der Waals surface area (Å²) in [4.78, 5) is 25.1. The first-order valence-corrected chi connectivity index (χ1v) is 11.9. The Morgan fingerprint density at radius 3 is 2.11 bits per heavy atom. The van der Waals surface area contributed by atoms with E-state index in [2.05, 4.69) is 26.5 Å². The molecule has 3 aromatic carbocycles. The van der Waals surface area contributed by atoms with E-state index in [1.165, 1.54) is 39.7 Å². The van der Waals surface area contributed by atoms with Crippen molar-refractivity contribution in [1.82, 2.24) is 5.43 Å². The van der Waals surface area contributed by atoms with Gasteiger partial charge in [0.05, 0.1) is 33.1 Å². The van der Waals surface area contributed by atoms with Crippen LogP contribution in [0.4, 0.5) is 0 Å². The summed E-state index contributed by atoms with van der Waals surface area (Å²) in [5.41, 5.74) is 4.91. The summed E-state index contributed by atoms with van der Waals surface area (Å²) in [6, 6.07) is 13.6. The van der Waals surface area contributed by atoms with Crippen molar-refractivity contribution in [2.24, 2.45) is 5.10 Å². The Kier molecular flexibility index (Phi) is 9.51. The fourth-order valence-electron chi connectivity index (χ4n) is 3.51. The molecule has 0 bridgehead atoms. The van der Waals surface area contributed by atoms with Crippen LogP contribution in [-0.4, -0.2) is 46.0 Å². The van der Waals surface area contributed by atoms with Crippen LogP contribution >= 0.6 is 15.9 Å². The number of nitrogens with one attached hydrogen (secondary N) is 1. The number of esters is 1. The van der Waals surface area contributed by atoms with Crippen molar-refractivity contribution in [1.29, 1.82) is 0 Å².